The van der Waals surface area contributed by atoms with Crippen molar-refractivity contribution in [3.63, 3.8) is 0 Å². The van der Waals surface area contributed by atoms with Crippen molar-refractivity contribution in [1.29, 1.82) is 0 Å². The molecule has 82 valence electrons. The lowest BCUT2D eigenvalue weighted by Gasteiger charge is -2.01. The largest absolute Gasteiger partial charge is 0.376 e. The number of hydrogen-bond acceptors (Lipinski definition) is 3. The van der Waals surface area contributed by atoms with Crippen LogP contribution in [0.5, 0.6) is 0 Å². The standard InChI is InChI=1S/C12H17NOS/c1-2-3-8-14-10-12-11(5-4-7-13)6-9-15-12/h6,9H,2-3,7-8,10,13H2,1H3. The minimum absolute atomic E-state index is 0.409. The number of ether oxygens (including phenoxy) is 1. The fourth-order valence-electron chi connectivity index (χ4n) is 1.12. The molecule has 15 heavy (non-hydrogen) atoms. The highest BCUT2D eigenvalue weighted by Crippen LogP contribution is 2.16. The van der Waals surface area contributed by atoms with Crippen LogP contribution >= 0.6 is 11.3 Å². The van der Waals surface area contributed by atoms with E-state index in [1.807, 2.05) is 11.4 Å². The lowest BCUT2D eigenvalue weighted by molar-refractivity contribution is 0.120. The van der Waals surface area contributed by atoms with Crippen molar-refractivity contribution >= 4 is 11.3 Å². The molecular formula is C12H17NOS. The third-order valence-corrected chi connectivity index (χ3v) is 2.84. The van der Waals surface area contributed by atoms with Crippen molar-refractivity contribution in [3.05, 3.63) is 21.9 Å². The van der Waals surface area contributed by atoms with E-state index in [1.165, 1.54) is 11.3 Å². The highest BCUT2D eigenvalue weighted by atomic mass is 32.1. The molecule has 2 N–H and O–H groups in total. The van der Waals surface area contributed by atoms with E-state index in [1.54, 1.807) is 11.3 Å². The summed E-state index contributed by atoms with van der Waals surface area (Å²) >= 11 is 1.69. The lowest BCUT2D eigenvalue weighted by atomic mass is 10.2. The SMILES string of the molecule is CCCCOCc1sccc1C#CCN. The zero-order valence-corrected chi connectivity index (χ0v) is 9.90. The summed E-state index contributed by atoms with van der Waals surface area (Å²) in [6, 6.07) is 2.02. The molecule has 0 unspecified atom stereocenters. The predicted molar refractivity (Wildman–Crippen MR) is 64.8 cm³/mol. The number of rotatable bonds is 5. The highest BCUT2D eigenvalue weighted by molar-refractivity contribution is 7.10. The van der Waals surface area contributed by atoms with E-state index >= 15 is 0 Å². The van der Waals surface area contributed by atoms with Gasteiger partial charge in [-0.2, -0.15) is 0 Å². The van der Waals surface area contributed by atoms with Gasteiger partial charge in [-0.15, -0.1) is 11.3 Å². The van der Waals surface area contributed by atoms with Crippen molar-refractivity contribution < 1.29 is 4.74 Å². The molecule has 0 aliphatic carbocycles. The van der Waals surface area contributed by atoms with Gasteiger partial charge in [-0.25, -0.2) is 0 Å². The molecule has 0 radical (unpaired) electrons. The Balaban J connectivity index is 2.43. The summed E-state index contributed by atoms with van der Waals surface area (Å²) in [6.07, 6.45) is 2.29. The first kappa shape index (κ1) is 12.3. The molecule has 0 amide bonds. The van der Waals surface area contributed by atoms with Crippen LogP contribution in [0, 0.1) is 11.8 Å². The average Bonchev–Trinajstić information content (AvgIpc) is 2.69. The van der Waals surface area contributed by atoms with Crippen molar-refractivity contribution in [3.8, 4) is 11.8 Å². The van der Waals surface area contributed by atoms with Crippen LogP contribution in [0.3, 0.4) is 0 Å². The van der Waals surface area contributed by atoms with E-state index in [-0.39, 0.29) is 0 Å². The molecule has 1 aromatic rings. The Bertz CT molecular complexity index is 335. The molecule has 1 rings (SSSR count). The molecule has 0 saturated heterocycles. The first-order valence-electron chi connectivity index (χ1n) is 5.21. The Morgan fingerprint density at radius 2 is 2.40 bits per heavy atom. The van der Waals surface area contributed by atoms with Crippen LogP contribution < -0.4 is 5.73 Å². The van der Waals surface area contributed by atoms with E-state index < -0.39 is 0 Å². The van der Waals surface area contributed by atoms with E-state index in [2.05, 4.69) is 18.8 Å². The van der Waals surface area contributed by atoms with Crippen molar-refractivity contribution in [2.24, 2.45) is 5.73 Å². The molecule has 1 aromatic heterocycles. The molecular weight excluding hydrogens is 206 g/mol. The molecule has 0 saturated carbocycles. The smallest absolute Gasteiger partial charge is 0.0821 e. The molecule has 1 heterocycles. The van der Waals surface area contributed by atoms with Gasteiger partial charge in [0.1, 0.15) is 0 Å². The molecule has 0 aliphatic heterocycles. The van der Waals surface area contributed by atoms with Crippen LogP contribution in [0.15, 0.2) is 11.4 Å². The second kappa shape index (κ2) is 7.47. The van der Waals surface area contributed by atoms with Gasteiger partial charge in [0, 0.05) is 17.0 Å². The molecule has 0 aliphatic rings. The maximum Gasteiger partial charge on any atom is 0.0821 e. The van der Waals surface area contributed by atoms with Crippen LogP contribution in [0.1, 0.15) is 30.2 Å². The van der Waals surface area contributed by atoms with Crippen LogP contribution in [0.25, 0.3) is 0 Å². The number of nitrogens with two attached hydrogens (primary N) is 1. The molecule has 0 fully saturated rings. The zero-order chi connectivity index (χ0) is 10.9. The van der Waals surface area contributed by atoms with Gasteiger partial charge in [-0.05, 0) is 17.9 Å². The number of hydrogen-bond donors (Lipinski definition) is 1. The normalized spacial score (nSPS) is 9.73. The quantitative estimate of drug-likeness (QED) is 0.614. The maximum absolute atomic E-state index is 5.55. The number of thiophene rings is 1. The second-order valence-corrected chi connectivity index (χ2v) is 4.17. The second-order valence-electron chi connectivity index (χ2n) is 3.17. The lowest BCUT2D eigenvalue weighted by Crippen LogP contribution is -1.95. The first-order valence-corrected chi connectivity index (χ1v) is 6.09. The molecule has 0 bridgehead atoms. The summed E-state index contributed by atoms with van der Waals surface area (Å²) in [6.45, 7) is 4.07. The van der Waals surface area contributed by atoms with Gasteiger partial charge >= 0.3 is 0 Å². The van der Waals surface area contributed by atoms with E-state index in [0.29, 0.717) is 13.2 Å². The molecule has 0 spiro atoms. The van der Waals surface area contributed by atoms with Gasteiger partial charge in [-0.1, -0.05) is 25.2 Å². The van der Waals surface area contributed by atoms with E-state index in [4.69, 9.17) is 10.5 Å². The van der Waals surface area contributed by atoms with Crippen LogP contribution in [-0.2, 0) is 11.3 Å². The summed E-state index contributed by atoms with van der Waals surface area (Å²) < 4.78 is 5.55. The van der Waals surface area contributed by atoms with E-state index in [9.17, 15) is 0 Å². The Hall–Kier alpha value is -0.820. The minimum Gasteiger partial charge on any atom is -0.376 e. The Kier molecular flexibility index (Phi) is 6.10. The fraction of sp³-hybridized carbons (Fsp3) is 0.500. The topological polar surface area (TPSA) is 35.2 Å². The van der Waals surface area contributed by atoms with Crippen molar-refractivity contribution in [1.82, 2.24) is 0 Å². The predicted octanol–water partition coefficient (Wildman–Crippen LogP) is 2.38. The highest BCUT2D eigenvalue weighted by Gasteiger charge is 2.01. The van der Waals surface area contributed by atoms with Gasteiger partial charge < -0.3 is 10.5 Å². The van der Waals surface area contributed by atoms with E-state index in [0.717, 1.165) is 18.6 Å². The summed E-state index contributed by atoms with van der Waals surface area (Å²) in [5, 5.41) is 2.04. The molecule has 0 aromatic carbocycles. The zero-order valence-electron chi connectivity index (χ0n) is 9.08. The molecule has 0 atom stereocenters. The third kappa shape index (κ3) is 4.48. The summed E-state index contributed by atoms with van der Waals surface area (Å²) in [5.41, 5.74) is 6.39. The van der Waals surface area contributed by atoms with Gasteiger partial charge in [-0.3, -0.25) is 0 Å². The maximum atomic E-state index is 5.55. The Morgan fingerprint density at radius 3 is 3.13 bits per heavy atom. The Morgan fingerprint density at radius 1 is 1.53 bits per heavy atom. The molecule has 2 nitrogen and oxygen atoms in total. The van der Waals surface area contributed by atoms with Gasteiger partial charge in [0.15, 0.2) is 0 Å². The summed E-state index contributed by atoms with van der Waals surface area (Å²) in [4.78, 5) is 1.20. The monoisotopic (exact) mass is 223 g/mol. The number of unbranched alkanes of at least 4 members (excludes halogenated alkanes) is 1. The van der Waals surface area contributed by atoms with Gasteiger partial charge in [0.05, 0.1) is 13.2 Å². The average molecular weight is 223 g/mol. The van der Waals surface area contributed by atoms with Crippen LogP contribution in [0.4, 0.5) is 0 Å². The summed E-state index contributed by atoms with van der Waals surface area (Å²) in [5.74, 6) is 5.91. The van der Waals surface area contributed by atoms with Gasteiger partial charge in [0.25, 0.3) is 0 Å². The van der Waals surface area contributed by atoms with Gasteiger partial charge in [0.2, 0.25) is 0 Å². The Labute approximate surface area is 95.4 Å². The third-order valence-electron chi connectivity index (χ3n) is 1.95. The minimum atomic E-state index is 0.409. The van der Waals surface area contributed by atoms with Crippen molar-refractivity contribution in [2.75, 3.05) is 13.2 Å². The first-order chi connectivity index (χ1) is 7.38. The van der Waals surface area contributed by atoms with Crippen LogP contribution in [-0.4, -0.2) is 13.2 Å². The summed E-state index contributed by atoms with van der Waals surface area (Å²) in [7, 11) is 0. The fourth-order valence-corrected chi connectivity index (χ4v) is 1.89. The van der Waals surface area contributed by atoms with Crippen molar-refractivity contribution in [2.45, 2.75) is 26.4 Å². The van der Waals surface area contributed by atoms with Crippen LogP contribution in [0.2, 0.25) is 0 Å². The molecule has 3 heteroatoms.